The third-order valence-corrected chi connectivity index (χ3v) is 3.02. The van der Waals surface area contributed by atoms with Gasteiger partial charge < -0.3 is 5.32 Å². The van der Waals surface area contributed by atoms with Crippen molar-refractivity contribution in [3.63, 3.8) is 0 Å². The molecule has 0 amide bonds. The Morgan fingerprint density at radius 1 is 1.26 bits per heavy atom. The Hall–Kier alpha value is -1.68. The zero-order valence-corrected chi connectivity index (χ0v) is 11.6. The first-order valence-corrected chi connectivity index (χ1v) is 6.53. The minimum absolute atomic E-state index is 0.350. The molecule has 0 radical (unpaired) electrons. The van der Waals surface area contributed by atoms with Gasteiger partial charge in [0.05, 0.1) is 10.7 Å². The summed E-state index contributed by atoms with van der Waals surface area (Å²) >= 11 is 6.07. The number of hydrogen-bond donors (Lipinski definition) is 1. The van der Waals surface area contributed by atoms with Crippen LogP contribution in [0.15, 0.2) is 24.3 Å². The monoisotopic (exact) mass is 279 g/mol. The molecule has 1 aromatic heterocycles. The van der Waals surface area contributed by atoms with Crippen LogP contribution in [0.2, 0.25) is 5.02 Å². The van der Waals surface area contributed by atoms with E-state index in [1.54, 1.807) is 19.2 Å². The van der Waals surface area contributed by atoms with Gasteiger partial charge in [0.15, 0.2) is 0 Å². The molecule has 2 rings (SSSR count). The lowest BCUT2D eigenvalue weighted by atomic mass is 10.1. The molecular weight excluding hydrogens is 265 g/mol. The van der Waals surface area contributed by atoms with Crippen LogP contribution in [0, 0.1) is 5.82 Å². The molecule has 1 N–H and O–H groups in total. The Morgan fingerprint density at radius 2 is 2.05 bits per heavy atom. The van der Waals surface area contributed by atoms with Crippen LogP contribution in [-0.4, -0.2) is 17.0 Å². The summed E-state index contributed by atoms with van der Waals surface area (Å²) in [7, 11) is 1.80. The van der Waals surface area contributed by atoms with Crippen molar-refractivity contribution >= 4 is 17.4 Å². The fourth-order valence-electron chi connectivity index (χ4n) is 1.80. The van der Waals surface area contributed by atoms with Crippen molar-refractivity contribution in [1.82, 2.24) is 9.97 Å². The molecule has 3 nitrogen and oxygen atoms in total. The average molecular weight is 280 g/mol. The second-order valence-electron chi connectivity index (χ2n) is 4.18. The molecule has 0 saturated carbocycles. The molecule has 5 heteroatoms. The van der Waals surface area contributed by atoms with Gasteiger partial charge in [0, 0.05) is 25.1 Å². The predicted molar refractivity (Wildman–Crippen MR) is 76.0 cm³/mol. The van der Waals surface area contributed by atoms with Crippen LogP contribution >= 0.6 is 11.6 Å². The van der Waals surface area contributed by atoms with E-state index >= 15 is 0 Å². The van der Waals surface area contributed by atoms with E-state index in [0.717, 1.165) is 24.5 Å². The SMILES string of the molecule is CCCc1nc(NC)cc(-c2ccc(F)cc2Cl)n1. The highest BCUT2D eigenvalue weighted by Crippen LogP contribution is 2.28. The number of hydrogen-bond acceptors (Lipinski definition) is 3. The molecule has 0 atom stereocenters. The van der Waals surface area contributed by atoms with Gasteiger partial charge in [-0.05, 0) is 24.6 Å². The van der Waals surface area contributed by atoms with Crippen molar-refractivity contribution in [3.05, 3.63) is 40.9 Å². The van der Waals surface area contributed by atoms with E-state index in [1.807, 2.05) is 0 Å². The summed E-state index contributed by atoms with van der Waals surface area (Å²) in [4.78, 5) is 8.85. The van der Waals surface area contributed by atoms with Crippen LogP contribution in [0.4, 0.5) is 10.2 Å². The molecule has 0 unspecified atom stereocenters. The number of benzene rings is 1. The van der Waals surface area contributed by atoms with Crippen LogP contribution in [0.25, 0.3) is 11.3 Å². The molecule has 2 aromatic rings. The second-order valence-corrected chi connectivity index (χ2v) is 4.59. The van der Waals surface area contributed by atoms with Gasteiger partial charge in [0.25, 0.3) is 0 Å². The fraction of sp³-hybridized carbons (Fsp3) is 0.286. The molecular formula is C14H15ClFN3. The van der Waals surface area contributed by atoms with Gasteiger partial charge in [0.1, 0.15) is 17.5 Å². The largest absolute Gasteiger partial charge is 0.373 e. The molecule has 0 aliphatic heterocycles. The van der Waals surface area contributed by atoms with Gasteiger partial charge in [-0.15, -0.1) is 0 Å². The topological polar surface area (TPSA) is 37.8 Å². The first kappa shape index (κ1) is 13.7. The highest BCUT2D eigenvalue weighted by molar-refractivity contribution is 6.33. The molecule has 100 valence electrons. The smallest absolute Gasteiger partial charge is 0.131 e. The molecule has 1 heterocycles. The predicted octanol–water partition coefficient (Wildman–Crippen LogP) is 3.93. The van der Waals surface area contributed by atoms with Gasteiger partial charge in [0.2, 0.25) is 0 Å². The average Bonchev–Trinajstić information content (AvgIpc) is 2.38. The quantitative estimate of drug-likeness (QED) is 0.921. The highest BCUT2D eigenvalue weighted by Gasteiger charge is 2.09. The fourth-order valence-corrected chi connectivity index (χ4v) is 2.06. The van der Waals surface area contributed by atoms with Crippen LogP contribution in [0.5, 0.6) is 0 Å². The Morgan fingerprint density at radius 3 is 2.68 bits per heavy atom. The Balaban J connectivity index is 2.51. The Kier molecular flexibility index (Phi) is 4.32. The van der Waals surface area contributed by atoms with Gasteiger partial charge in [-0.1, -0.05) is 18.5 Å². The number of aromatic nitrogens is 2. The van der Waals surface area contributed by atoms with E-state index in [2.05, 4.69) is 22.2 Å². The Labute approximate surface area is 116 Å². The summed E-state index contributed by atoms with van der Waals surface area (Å²) in [6, 6.07) is 6.10. The summed E-state index contributed by atoms with van der Waals surface area (Å²) in [5.74, 6) is 1.13. The standard InChI is InChI=1S/C14H15ClFN3/c1-3-4-13-18-12(8-14(17-2)19-13)10-6-5-9(16)7-11(10)15/h5-8H,3-4H2,1-2H3,(H,17,18,19). The van der Waals surface area contributed by atoms with Gasteiger partial charge in [-0.25, -0.2) is 14.4 Å². The van der Waals surface area contributed by atoms with E-state index in [0.29, 0.717) is 16.3 Å². The second kappa shape index (κ2) is 5.97. The van der Waals surface area contributed by atoms with Crippen molar-refractivity contribution in [2.75, 3.05) is 12.4 Å². The van der Waals surface area contributed by atoms with E-state index in [4.69, 9.17) is 11.6 Å². The number of aryl methyl sites for hydroxylation is 1. The summed E-state index contributed by atoms with van der Waals surface area (Å²) in [5.41, 5.74) is 1.41. The number of anilines is 1. The lowest BCUT2D eigenvalue weighted by Gasteiger charge is -2.09. The van der Waals surface area contributed by atoms with Crippen molar-refractivity contribution < 1.29 is 4.39 Å². The summed E-state index contributed by atoms with van der Waals surface area (Å²) in [6.07, 6.45) is 1.76. The van der Waals surface area contributed by atoms with Crippen LogP contribution in [0.1, 0.15) is 19.2 Å². The molecule has 1 aromatic carbocycles. The van der Waals surface area contributed by atoms with E-state index in [-0.39, 0.29) is 5.82 Å². The maximum atomic E-state index is 13.1. The molecule has 0 spiro atoms. The third-order valence-electron chi connectivity index (χ3n) is 2.71. The van der Waals surface area contributed by atoms with E-state index in [1.165, 1.54) is 12.1 Å². The molecule has 19 heavy (non-hydrogen) atoms. The lowest BCUT2D eigenvalue weighted by Crippen LogP contribution is -2.01. The van der Waals surface area contributed by atoms with Gasteiger partial charge in [-0.3, -0.25) is 0 Å². The normalized spacial score (nSPS) is 10.5. The van der Waals surface area contributed by atoms with Crippen LogP contribution in [0.3, 0.4) is 0 Å². The number of halogens is 2. The van der Waals surface area contributed by atoms with E-state index < -0.39 is 0 Å². The first-order chi connectivity index (χ1) is 9.13. The Bertz CT molecular complexity index is 587. The van der Waals surface area contributed by atoms with Crippen LogP contribution < -0.4 is 5.32 Å². The molecule has 0 saturated heterocycles. The molecule has 0 aliphatic rings. The van der Waals surface area contributed by atoms with E-state index in [9.17, 15) is 4.39 Å². The van der Waals surface area contributed by atoms with Crippen molar-refractivity contribution in [2.24, 2.45) is 0 Å². The van der Waals surface area contributed by atoms with Crippen LogP contribution in [-0.2, 0) is 6.42 Å². The third kappa shape index (κ3) is 3.20. The van der Waals surface area contributed by atoms with Crippen molar-refractivity contribution in [3.8, 4) is 11.3 Å². The number of nitrogens with one attached hydrogen (secondary N) is 1. The van der Waals surface area contributed by atoms with Gasteiger partial charge >= 0.3 is 0 Å². The number of rotatable bonds is 4. The van der Waals surface area contributed by atoms with Crippen molar-refractivity contribution in [2.45, 2.75) is 19.8 Å². The maximum absolute atomic E-state index is 13.1. The van der Waals surface area contributed by atoms with Gasteiger partial charge in [-0.2, -0.15) is 0 Å². The summed E-state index contributed by atoms with van der Waals surface area (Å²) < 4.78 is 13.1. The maximum Gasteiger partial charge on any atom is 0.131 e. The molecule has 0 bridgehead atoms. The number of nitrogens with zero attached hydrogens (tertiary/aromatic N) is 2. The zero-order valence-electron chi connectivity index (χ0n) is 10.9. The molecule has 0 aliphatic carbocycles. The summed E-state index contributed by atoms with van der Waals surface area (Å²) in [6.45, 7) is 2.07. The lowest BCUT2D eigenvalue weighted by molar-refractivity contribution is 0.628. The van der Waals surface area contributed by atoms with Crippen molar-refractivity contribution in [1.29, 1.82) is 0 Å². The first-order valence-electron chi connectivity index (χ1n) is 6.15. The minimum Gasteiger partial charge on any atom is -0.373 e. The molecule has 0 fully saturated rings. The summed E-state index contributed by atoms with van der Waals surface area (Å²) in [5, 5.41) is 3.35. The highest BCUT2D eigenvalue weighted by atomic mass is 35.5. The zero-order chi connectivity index (χ0) is 13.8. The minimum atomic E-state index is -0.356.